The molecule has 0 bridgehead atoms. The van der Waals surface area contributed by atoms with Crippen LogP contribution >= 0.6 is 0 Å². The Balaban J connectivity index is 0.000000429. The highest BCUT2D eigenvalue weighted by molar-refractivity contribution is 5.81. The second-order valence-corrected chi connectivity index (χ2v) is 8.42. The molecule has 0 spiro atoms. The first-order valence-corrected chi connectivity index (χ1v) is 11.6. The van der Waals surface area contributed by atoms with Gasteiger partial charge in [-0.1, -0.05) is 79.9 Å². The van der Waals surface area contributed by atoms with Crippen LogP contribution in [0.1, 0.15) is 18.4 Å². The maximum Gasteiger partial charge on any atom is 0.404 e. The van der Waals surface area contributed by atoms with Crippen LogP contribution < -0.4 is 5.73 Å². The molecule has 4 atom stereocenters. The van der Waals surface area contributed by atoms with Crippen molar-refractivity contribution in [2.45, 2.75) is 19.4 Å². The highest BCUT2D eigenvalue weighted by Crippen LogP contribution is 2.61. The lowest BCUT2D eigenvalue weighted by Gasteiger charge is -2.15. The van der Waals surface area contributed by atoms with Crippen LogP contribution in [0.5, 0.6) is 0 Å². The zero-order valence-corrected chi connectivity index (χ0v) is 19.6. The van der Waals surface area contributed by atoms with Crippen LogP contribution in [0.15, 0.2) is 79.9 Å². The van der Waals surface area contributed by atoms with Gasteiger partial charge in [-0.15, -0.1) is 0 Å². The number of esters is 2. The van der Waals surface area contributed by atoms with Crippen molar-refractivity contribution in [3.8, 4) is 11.1 Å². The number of fused-ring (bicyclic) bond motifs is 1. The van der Waals surface area contributed by atoms with E-state index in [0.717, 1.165) is 29.5 Å². The van der Waals surface area contributed by atoms with Gasteiger partial charge in [0.25, 0.3) is 0 Å². The van der Waals surface area contributed by atoms with E-state index < -0.39 is 6.09 Å². The molecule has 2 saturated carbocycles. The minimum atomic E-state index is -0.764. The summed E-state index contributed by atoms with van der Waals surface area (Å²) in [4.78, 5) is 34.5. The molecule has 2 fully saturated rings. The number of hydrogen-bond donors (Lipinski definition) is 1. The molecule has 2 aromatic rings. The number of carbonyl (C=O) groups excluding carboxylic acids is 3. The Labute approximate surface area is 205 Å². The maximum absolute atomic E-state index is 12.7. The van der Waals surface area contributed by atoms with Gasteiger partial charge in [0.1, 0.15) is 19.8 Å². The quantitative estimate of drug-likeness (QED) is 0.320. The van der Waals surface area contributed by atoms with Gasteiger partial charge in [0, 0.05) is 0 Å². The molecule has 0 saturated heterocycles. The molecule has 1 amide bonds. The topological polar surface area (TPSA) is 105 Å². The SMILES string of the molecule is C=CCOC(=O)C1C2CCC(C(=O)OCc3ccccc3-c3ccccc3)C21.C=CCOC(N)=O. The molecule has 0 heterocycles. The molecular formula is C28H31NO6. The van der Waals surface area contributed by atoms with E-state index in [4.69, 9.17) is 9.47 Å². The number of rotatable bonds is 9. The molecule has 2 N–H and O–H groups in total. The summed E-state index contributed by atoms with van der Waals surface area (Å²) in [5, 5.41) is 0. The van der Waals surface area contributed by atoms with E-state index in [9.17, 15) is 14.4 Å². The molecule has 7 heteroatoms. The van der Waals surface area contributed by atoms with Crippen molar-refractivity contribution in [1.82, 2.24) is 0 Å². The van der Waals surface area contributed by atoms with Crippen molar-refractivity contribution < 1.29 is 28.6 Å². The van der Waals surface area contributed by atoms with Crippen molar-refractivity contribution in [3.05, 3.63) is 85.5 Å². The Morgan fingerprint density at radius 2 is 1.51 bits per heavy atom. The number of ether oxygens (including phenoxy) is 3. The van der Waals surface area contributed by atoms with E-state index in [0.29, 0.717) is 0 Å². The summed E-state index contributed by atoms with van der Waals surface area (Å²) < 4.78 is 15.0. The summed E-state index contributed by atoms with van der Waals surface area (Å²) in [6.45, 7) is 7.51. The smallest absolute Gasteiger partial charge is 0.404 e. The van der Waals surface area contributed by atoms with Gasteiger partial charge in [0.05, 0.1) is 11.8 Å². The minimum absolute atomic E-state index is 0.0779. The molecule has 4 rings (SSSR count). The summed E-state index contributed by atoms with van der Waals surface area (Å²) in [5.41, 5.74) is 7.72. The lowest BCUT2D eigenvalue weighted by molar-refractivity contribution is -0.151. The first-order chi connectivity index (χ1) is 17.0. The molecule has 4 unspecified atom stereocenters. The number of nitrogens with two attached hydrogens (primary N) is 1. The molecular weight excluding hydrogens is 446 g/mol. The predicted molar refractivity (Wildman–Crippen MR) is 132 cm³/mol. The number of hydrogen-bond acceptors (Lipinski definition) is 6. The molecule has 7 nitrogen and oxygen atoms in total. The summed E-state index contributed by atoms with van der Waals surface area (Å²) >= 11 is 0. The monoisotopic (exact) mass is 477 g/mol. The van der Waals surface area contributed by atoms with Crippen molar-refractivity contribution >= 4 is 18.0 Å². The summed E-state index contributed by atoms with van der Waals surface area (Å²) in [5.74, 6) is -0.408. The zero-order valence-electron chi connectivity index (χ0n) is 19.6. The fourth-order valence-electron chi connectivity index (χ4n) is 4.67. The summed E-state index contributed by atoms with van der Waals surface area (Å²) in [7, 11) is 0. The van der Waals surface area contributed by atoms with Crippen LogP contribution in [0.4, 0.5) is 4.79 Å². The van der Waals surface area contributed by atoms with Crippen molar-refractivity contribution in [3.63, 3.8) is 0 Å². The van der Waals surface area contributed by atoms with Crippen LogP contribution in [0.3, 0.4) is 0 Å². The zero-order chi connectivity index (χ0) is 25.2. The van der Waals surface area contributed by atoms with Crippen LogP contribution in [-0.4, -0.2) is 31.2 Å². The molecule has 184 valence electrons. The third-order valence-electron chi connectivity index (χ3n) is 6.24. The van der Waals surface area contributed by atoms with Gasteiger partial charge in [0.15, 0.2) is 0 Å². The average Bonchev–Trinajstić information content (AvgIpc) is 3.43. The van der Waals surface area contributed by atoms with Gasteiger partial charge in [-0.25, -0.2) is 4.79 Å². The largest absolute Gasteiger partial charge is 0.461 e. The number of benzene rings is 2. The Morgan fingerprint density at radius 1 is 0.857 bits per heavy atom. The van der Waals surface area contributed by atoms with Gasteiger partial charge in [-0.2, -0.15) is 0 Å². The molecule has 2 aliphatic carbocycles. The third-order valence-corrected chi connectivity index (χ3v) is 6.24. The van der Waals surface area contributed by atoms with Crippen LogP contribution in [0.25, 0.3) is 11.1 Å². The Morgan fingerprint density at radius 3 is 2.17 bits per heavy atom. The summed E-state index contributed by atoms with van der Waals surface area (Å²) in [6, 6.07) is 18.0. The number of amides is 1. The second kappa shape index (κ2) is 12.6. The normalized spacial score (nSPS) is 21.4. The first kappa shape index (κ1) is 25.7. The molecule has 2 aromatic carbocycles. The lowest BCUT2D eigenvalue weighted by Crippen LogP contribution is -2.21. The van der Waals surface area contributed by atoms with Crippen molar-refractivity contribution in [1.29, 1.82) is 0 Å². The Kier molecular flexibility index (Phi) is 9.23. The van der Waals surface area contributed by atoms with Crippen LogP contribution in [0.2, 0.25) is 0 Å². The van der Waals surface area contributed by atoms with Gasteiger partial charge in [-0.05, 0) is 41.4 Å². The molecule has 35 heavy (non-hydrogen) atoms. The second-order valence-electron chi connectivity index (χ2n) is 8.42. The Hall–Kier alpha value is -3.87. The lowest BCUT2D eigenvalue weighted by atomic mass is 9.99. The van der Waals surface area contributed by atoms with E-state index >= 15 is 0 Å². The Bertz CT molecular complexity index is 1050. The standard InChI is InChI=1S/C24H24O4.C4H7NO2/c1-2-14-27-24(26)22-19-12-13-20(21(19)22)23(25)28-15-17-10-6-7-11-18(17)16-8-4-3-5-9-16;1-2-3-7-4(5)6/h2-11,19-22H,1,12-15H2;2H,1,3H2,(H2,5,6). The van der Waals surface area contributed by atoms with Crippen LogP contribution in [0, 0.1) is 23.7 Å². The third kappa shape index (κ3) is 6.82. The van der Waals surface area contributed by atoms with Gasteiger partial charge >= 0.3 is 18.0 Å². The van der Waals surface area contributed by atoms with Crippen molar-refractivity contribution in [2.24, 2.45) is 29.4 Å². The molecule has 0 aliphatic heterocycles. The average molecular weight is 478 g/mol. The molecule has 0 aromatic heterocycles. The first-order valence-electron chi connectivity index (χ1n) is 11.6. The number of carbonyl (C=O) groups is 3. The van der Waals surface area contributed by atoms with Gasteiger partial charge in [-0.3, -0.25) is 9.59 Å². The van der Waals surface area contributed by atoms with E-state index in [-0.39, 0.29) is 55.4 Å². The van der Waals surface area contributed by atoms with Crippen LogP contribution in [-0.2, 0) is 30.4 Å². The minimum Gasteiger partial charge on any atom is -0.461 e. The predicted octanol–water partition coefficient (Wildman–Crippen LogP) is 4.67. The van der Waals surface area contributed by atoms with Gasteiger partial charge < -0.3 is 19.9 Å². The number of primary amides is 1. The van der Waals surface area contributed by atoms with Crippen molar-refractivity contribution in [2.75, 3.05) is 13.2 Å². The van der Waals surface area contributed by atoms with E-state index in [2.05, 4.69) is 23.6 Å². The van der Waals surface area contributed by atoms with Gasteiger partial charge in [0.2, 0.25) is 0 Å². The van der Waals surface area contributed by atoms with E-state index in [1.54, 1.807) is 6.08 Å². The van der Waals surface area contributed by atoms with E-state index in [1.807, 2.05) is 54.6 Å². The fourth-order valence-corrected chi connectivity index (χ4v) is 4.67. The highest BCUT2D eigenvalue weighted by atomic mass is 16.5. The summed E-state index contributed by atoms with van der Waals surface area (Å²) in [6.07, 6.45) is 3.93. The highest BCUT2D eigenvalue weighted by Gasteiger charge is 2.64. The van der Waals surface area contributed by atoms with E-state index in [1.165, 1.54) is 6.08 Å². The molecule has 0 radical (unpaired) electrons. The molecule has 2 aliphatic rings. The fraction of sp³-hybridized carbons (Fsp3) is 0.321. The maximum atomic E-state index is 12.7.